The molecule has 0 spiro atoms. The van der Waals surface area contributed by atoms with Gasteiger partial charge in [0.2, 0.25) is 5.56 Å². The lowest BCUT2D eigenvalue weighted by Gasteiger charge is -2.41. The molecule has 4 aliphatic rings. The first kappa shape index (κ1) is 33.1. The highest BCUT2D eigenvalue weighted by Gasteiger charge is 2.36. The number of hydrogen-bond acceptors (Lipinski definition) is 7. The van der Waals surface area contributed by atoms with Crippen LogP contribution in [0.4, 0.5) is 15.3 Å². The number of likely N-dealkylation sites (tertiary alicyclic amines) is 2. The molecule has 0 saturated carbocycles. The number of anilines is 1. The number of hydrogen-bond donors (Lipinski definition) is 3. The topological polar surface area (TPSA) is 130 Å². The number of para-hydroxylation sites is 1. The minimum Gasteiger partial charge on any atom is -0.436 e. The van der Waals surface area contributed by atoms with Crippen molar-refractivity contribution in [1.29, 1.82) is 0 Å². The first-order valence-electron chi connectivity index (χ1n) is 17.8. The van der Waals surface area contributed by atoms with Crippen molar-refractivity contribution in [3.63, 3.8) is 0 Å². The van der Waals surface area contributed by atoms with Crippen molar-refractivity contribution < 1.29 is 19.1 Å². The van der Waals surface area contributed by atoms with Gasteiger partial charge in [0, 0.05) is 89.2 Å². The number of aromatic nitrogens is 1. The van der Waals surface area contributed by atoms with Gasteiger partial charge in [-0.25, -0.2) is 9.59 Å². The smallest absolute Gasteiger partial charge is 0.410 e. The van der Waals surface area contributed by atoms with Gasteiger partial charge in [-0.15, -0.1) is 0 Å². The number of nitrogens with zero attached hydrogens (tertiary/aromatic N) is 4. The van der Waals surface area contributed by atoms with Crippen molar-refractivity contribution in [2.24, 2.45) is 0 Å². The Morgan fingerprint density at radius 1 is 0.857 bits per heavy atom. The Morgan fingerprint density at radius 2 is 1.57 bits per heavy atom. The van der Waals surface area contributed by atoms with Crippen LogP contribution in [0, 0.1) is 6.92 Å². The van der Waals surface area contributed by atoms with E-state index in [1.165, 1.54) is 6.07 Å². The molecule has 3 aromatic rings. The lowest BCUT2D eigenvalue weighted by Crippen LogP contribution is -2.54. The number of aromatic amines is 1. The van der Waals surface area contributed by atoms with E-state index in [4.69, 9.17) is 4.74 Å². The van der Waals surface area contributed by atoms with E-state index < -0.39 is 12.2 Å². The number of carbonyl (C=O) groups is 3. The maximum Gasteiger partial charge on any atom is 0.410 e. The highest BCUT2D eigenvalue weighted by atomic mass is 16.6. The summed E-state index contributed by atoms with van der Waals surface area (Å²) in [5.41, 5.74) is 4.33. The molecule has 5 heterocycles. The van der Waals surface area contributed by atoms with E-state index in [1.807, 2.05) is 53.1 Å². The maximum absolute atomic E-state index is 14.1. The van der Waals surface area contributed by atoms with E-state index in [1.54, 1.807) is 11.0 Å². The number of carbonyl (C=O) groups excluding carboxylic acids is 3. The van der Waals surface area contributed by atoms with Crippen LogP contribution < -0.4 is 16.2 Å². The molecule has 49 heavy (non-hydrogen) atoms. The zero-order valence-corrected chi connectivity index (χ0v) is 28.3. The van der Waals surface area contributed by atoms with Gasteiger partial charge in [-0.1, -0.05) is 24.3 Å². The number of fused-ring (bicyclic) bond motifs is 2. The van der Waals surface area contributed by atoms with E-state index in [9.17, 15) is 19.2 Å². The molecule has 12 heteroatoms. The Labute approximate surface area is 286 Å². The van der Waals surface area contributed by atoms with Gasteiger partial charge in [-0.05, 0) is 79.3 Å². The van der Waals surface area contributed by atoms with Gasteiger partial charge in [0.15, 0.2) is 6.10 Å². The lowest BCUT2D eigenvalue weighted by molar-refractivity contribution is -0.142. The molecule has 0 aliphatic carbocycles. The van der Waals surface area contributed by atoms with E-state index in [0.717, 1.165) is 78.7 Å². The number of urea groups is 1. The van der Waals surface area contributed by atoms with E-state index >= 15 is 0 Å². The molecule has 3 saturated heterocycles. The van der Waals surface area contributed by atoms with Gasteiger partial charge < -0.3 is 35.1 Å². The molecule has 3 N–H and O–H groups in total. The molecule has 2 aromatic carbocycles. The van der Waals surface area contributed by atoms with Gasteiger partial charge in [-0.3, -0.25) is 14.5 Å². The Balaban J connectivity index is 1.02. The Kier molecular flexibility index (Phi) is 9.86. The van der Waals surface area contributed by atoms with Crippen molar-refractivity contribution in [3.8, 4) is 0 Å². The number of pyridine rings is 1. The highest BCUT2D eigenvalue weighted by Crippen LogP contribution is 2.26. The molecule has 0 bridgehead atoms. The van der Waals surface area contributed by atoms with E-state index in [-0.39, 0.29) is 30.0 Å². The molecule has 260 valence electrons. The van der Waals surface area contributed by atoms with Gasteiger partial charge in [0.05, 0.1) is 5.52 Å². The third-order valence-electron chi connectivity index (χ3n) is 10.8. The fourth-order valence-corrected chi connectivity index (χ4v) is 8.03. The van der Waals surface area contributed by atoms with Crippen molar-refractivity contribution in [2.75, 3.05) is 64.2 Å². The Bertz CT molecular complexity index is 1740. The summed E-state index contributed by atoms with van der Waals surface area (Å²) >= 11 is 0. The minimum atomic E-state index is -0.976. The van der Waals surface area contributed by atoms with Crippen molar-refractivity contribution in [3.05, 3.63) is 75.6 Å². The number of benzene rings is 2. The second-order valence-corrected chi connectivity index (χ2v) is 13.9. The van der Waals surface area contributed by atoms with Crippen LogP contribution in [-0.4, -0.2) is 120 Å². The molecule has 4 aliphatic heterocycles. The number of amides is 4. The number of H-pyrrole nitrogens is 1. The number of piperidine rings is 2. The van der Waals surface area contributed by atoms with Crippen LogP contribution in [0.15, 0.2) is 53.3 Å². The van der Waals surface area contributed by atoms with E-state index in [2.05, 4.69) is 20.5 Å². The standard InChI is InChI=1S/C37H47N7O5/c1-25-22-26(23-28-6-7-33(45)40-34(25)28)24-32(35(46)42-15-9-29(10-16-42)41-20-13-38-14-21-41)49-37(48)43-17-11-30(12-18-43)44-19-8-27-4-2-3-5-31(27)39-36(44)47/h2-7,22-23,29-30,32,38H,8-21,24H2,1H3,(H,39,47)(H,40,45). The number of nitrogens with one attached hydrogen (secondary N) is 3. The largest absolute Gasteiger partial charge is 0.436 e. The molecule has 1 aromatic heterocycles. The molecule has 3 fully saturated rings. The summed E-state index contributed by atoms with van der Waals surface area (Å²) in [6, 6.07) is 15.4. The first-order chi connectivity index (χ1) is 23.8. The summed E-state index contributed by atoms with van der Waals surface area (Å²) in [7, 11) is 0. The predicted octanol–water partition coefficient (Wildman–Crippen LogP) is 3.34. The van der Waals surface area contributed by atoms with Crippen LogP contribution in [0.25, 0.3) is 10.9 Å². The predicted molar refractivity (Wildman–Crippen MR) is 188 cm³/mol. The fourth-order valence-electron chi connectivity index (χ4n) is 8.03. The van der Waals surface area contributed by atoms with Crippen LogP contribution in [-0.2, 0) is 22.4 Å². The average Bonchev–Trinajstić information content (AvgIpc) is 3.30. The lowest BCUT2D eigenvalue weighted by atomic mass is 9.99. The maximum atomic E-state index is 14.1. The SMILES string of the molecule is Cc1cc(CC(OC(=O)N2CCC(N3CCc4ccccc4NC3=O)CC2)C(=O)N2CCC(N3CCNCC3)CC2)cc2ccc(=O)[nH]c12. The third-order valence-corrected chi connectivity index (χ3v) is 10.8. The second kappa shape index (κ2) is 14.6. The van der Waals surface area contributed by atoms with Crippen molar-refractivity contribution in [2.45, 2.75) is 63.6 Å². The average molecular weight is 670 g/mol. The summed E-state index contributed by atoms with van der Waals surface area (Å²) in [6.07, 6.45) is 2.62. The van der Waals surface area contributed by atoms with Gasteiger partial charge in [-0.2, -0.15) is 0 Å². The monoisotopic (exact) mass is 669 g/mol. The summed E-state index contributed by atoms with van der Waals surface area (Å²) in [5, 5.41) is 7.33. The van der Waals surface area contributed by atoms with Crippen molar-refractivity contribution >= 4 is 34.6 Å². The summed E-state index contributed by atoms with van der Waals surface area (Å²) in [4.78, 5) is 63.7. The van der Waals surface area contributed by atoms with Crippen LogP contribution in [0.1, 0.15) is 42.4 Å². The summed E-state index contributed by atoms with van der Waals surface area (Å²) < 4.78 is 6.11. The van der Waals surface area contributed by atoms with Crippen molar-refractivity contribution in [1.82, 2.24) is 29.9 Å². The van der Waals surface area contributed by atoms with Gasteiger partial charge >= 0.3 is 12.1 Å². The quantitative estimate of drug-likeness (QED) is 0.367. The molecule has 7 rings (SSSR count). The number of aryl methyl sites for hydroxylation is 1. The molecule has 0 radical (unpaired) electrons. The molecule has 4 amide bonds. The molecular weight excluding hydrogens is 622 g/mol. The van der Waals surface area contributed by atoms with Crippen LogP contribution in [0.2, 0.25) is 0 Å². The van der Waals surface area contributed by atoms with Crippen LogP contribution in [0.5, 0.6) is 0 Å². The van der Waals surface area contributed by atoms with Gasteiger partial charge in [0.1, 0.15) is 0 Å². The molecule has 1 unspecified atom stereocenters. The zero-order chi connectivity index (χ0) is 33.9. The normalized spacial score (nSPS) is 20.4. The molecule has 1 atom stereocenters. The zero-order valence-electron chi connectivity index (χ0n) is 28.3. The third kappa shape index (κ3) is 7.45. The molecular formula is C37H47N7O5. The van der Waals surface area contributed by atoms with Crippen LogP contribution >= 0.6 is 0 Å². The minimum absolute atomic E-state index is 0.0137. The summed E-state index contributed by atoms with van der Waals surface area (Å²) in [5.74, 6) is -0.165. The van der Waals surface area contributed by atoms with E-state index in [0.29, 0.717) is 51.6 Å². The summed E-state index contributed by atoms with van der Waals surface area (Å²) in [6.45, 7) is 8.74. The Morgan fingerprint density at radius 3 is 2.35 bits per heavy atom. The number of piperazine rings is 1. The highest BCUT2D eigenvalue weighted by molar-refractivity contribution is 5.91. The Hall–Kier alpha value is -4.42. The first-order valence-corrected chi connectivity index (χ1v) is 17.8. The fraction of sp³-hybridized carbons (Fsp3) is 0.514. The van der Waals surface area contributed by atoms with Gasteiger partial charge in [0.25, 0.3) is 5.91 Å². The molecule has 12 nitrogen and oxygen atoms in total. The number of ether oxygens (including phenoxy) is 1. The second-order valence-electron chi connectivity index (χ2n) is 13.9. The van der Waals surface area contributed by atoms with Crippen LogP contribution in [0.3, 0.4) is 0 Å². The number of rotatable bonds is 6.